The maximum atomic E-state index is 11.8. The fourth-order valence-electron chi connectivity index (χ4n) is 1.38. The molecule has 0 spiro atoms. The number of hydrogen-bond acceptors (Lipinski definition) is 3. The molecule has 0 saturated carbocycles. The predicted molar refractivity (Wildman–Crippen MR) is 67.0 cm³/mol. The molecule has 0 aromatic carbocycles. The summed E-state index contributed by atoms with van der Waals surface area (Å²) in [6, 6.07) is 7.15. The SMILES string of the molecule is O=C(NCc1ccncc1)c1ccc[nH]c1=S. The minimum atomic E-state index is -0.177. The summed E-state index contributed by atoms with van der Waals surface area (Å²) in [6.45, 7) is 0.463. The standard InChI is InChI=1S/C12H11N3OS/c16-11(10-2-1-5-14-12(10)17)15-8-9-3-6-13-7-4-9/h1-7H,8H2,(H,14,17)(H,15,16). The van der Waals surface area contributed by atoms with Crippen LogP contribution in [0.3, 0.4) is 0 Å². The number of rotatable bonds is 3. The second kappa shape index (κ2) is 5.36. The predicted octanol–water partition coefficient (Wildman–Crippen LogP) is 2.07. The molecular weight excluding hydrogens is 234 g/mol. The van der Waals surface area contributed by atoms with Gasteiger partial charge in [-0.3, -0.25) is 9.78 Å². The Morgan fingerprint density at radius 1 is 1.35 bits per heavy atom. The third-order valence-corrected chi connectivity index (χ3v) is 2.60. The second-order valence-electron chi connectivity index (χ2n) is 3.45. The number of nitrogens with zero attached hydrogens (tertiary/aromatic N) is 1. The van der Waals surface area contributed by atoms with Crippen LogP contribution in [0.25, 0.3) is 0 Å². The van der Waals surface area contributed by atoms with Crippen molar-refractivity contribution in [1.82, 2.24) is 15.3 Å². The number of pyridine rings is 2. The molecule has 2 rings (SSSR count). The van der Waals surface area contributed by atoms with Crippen LogP contribution in [0, 0.1) is 4.64 Å². The number of aromatic nitrogens is 2. The number of carbonyl (C=O) groups is 1. The Kier molecular flexibility index (Phi) is 3.62. The molecule has 2 aromatic heterocycles. The van der Waals surface area contributed by atoms with E-state index in [1.54, 1.807) is 30.7 Å². The molecule has 1 amide bonds. The van der Waals surface area contributed by atoms with Crippen LogP contribution in [0.15, 0.2) is 42.9 Å². The molecule has 0 aliphatic heterocycles. The van der Waals surface area contributed by atoms with Gasteiger partial charge in [-0.1, -0.05) is 12.2 Å². The number of carbonyl (C=O) groups excluding carboxylic acids is 1. The first kappa shape index (κ1) is 11.5. The highest BCUT2D eigenvalue weighted by Gasteiger charge is 2.06. The summed E-state index contributed by atoms with van der Waals surface area (Å²) in [5, 5.41) is 2.80. The van der Waals surface area contributed by atoms with E-state index in [4.69, 9.17) is 12.2 Å². The fraction of sp³-hybridized carbons (Fsp3) is 0.0833. The lowest BCUT2D eigenvalue weighted by Gasteiger charge is -2.04. The van der Waals surface area contributed by atoms with Gasteiger partial charge >= 0.3 is 0 Å². The summed E-state index contributed by atoms with van der Waals surface area (Å²) < 4.78 is 0.444. The van der Waals surface area contributed by atoms with Crippen LogP contribution in [0.1, 0.15) is 15.9 Å². The number of nitrogens with one attached hydrogen (secondary N) is 2. The monoisotopic (exact) mass is 245 g/mol. The molecule has 17 heavy (non-hydrogen) atoms. The lowest BCUT2D eigenvalue weighted by molar-refractivity contribution is 0.0950. The van der Waals surface area contributed by atoms with Crippen molar-refractivity contribution in [3.63, 3.8) is 0 Å². The summed E-state index contributed by atoms with van der Waals surface area (Å²) in [4.78, 5) is 18.6. The summed E-state index contributed by atoms with van der Waals surface area (Å²) in [6.07, 6.45) is 5.08. The minimum absolute atomic E-state index is 0.177. The molecule has 0 bridgehead atoms. The first-order valence-electron chi connectivity index (χ1n) is 5.12. The van der Waals surface area contributed by atoms with Gasteiger partial charge in [0.25, 0.3) is 5.91 Å². The molecule has 2 heterocycles. The van der Waals surface area contributed by atoms with Gasteiger partial charge in [0.15, 0.2) is 0 Å². The normalized spacial score (nSPS) is 9.88. The van der Waals surface area contributed by atoms with Crippen LogP contribution in [-0.4, -0.2) is 15.9 Å². The van der Waals surface area contributed by atoms with Crippen LogP contribution in [0.2, 0.25) is 0 Å². The van der Waals surface area contributed by atoms with Gasteiger partial charge in [-0.2, -0.15) is 0 Å². The first-order valence-corrected chi connectivity index (χ1v) is 5.53. The largest absolute Gasteiger partial charge is 0.352 e. The van der Waals surface area contributed by atoms with Gasteiger partial charge in [0.2, 0.25) is 0 Å². The highest BCUT2D eigenvalue weighted by Crippen LogP contribution is 2.01. The summed E-state index contributed by atoms with van der Waals surface area (Å²) in [7, 11) is 0. The molecule has 4 nitrogen and oxygen atoms in total. The number of aromatic amines is 1. The van der Waals surface area contributed by atoms with Crippen LogP contribution >= 0.6 is 12.2 Å². The highest BCUT2D eigenvalue weighted by atomic mass is 32.1. The van der Waals surface area contributed by atoms with Crippen molar-refractivity contribution in [2.45, 2.75) is 6.54 Å². The number of H-pyrrole nitrogens is 1. The van der Waals surface area contributed by atoms with Gasteiger partial charge in [0.1, 0.15) is 4.64 Å². The molecule has 0 fully saturated rings. The quantitative estimate of drug-likeness (QED) is 0.814. The van der Waals surface area contributed by atoms with E-state index in [0.717, 1.165) is 5.56 Å². The summed E-state index contributed by atoms with van der Waals surface area (Å²) in [5.74, 6) is -0.177. The molecule has 0 radical (unpaired) electrons. The molecular formula is C12H11N3OS. The van der Waals surface area contributed by atoms with E-state index >= 15 is 0 Å². The molecule has 86 valence electrons. The van der Waals surface area contributed by atoms with Crippen molar-refractivity contribution < 1.29 is 4.79 Å². The number of hydrogen-bond donors (Lipinski definition) is 2. The average Bonchev–Trinajstić information content (AvgIpc) is 2.38. The van der Waals surface area contributed by atoms with E-state index < -0.39 is 0 Å². The zero-order valence-electron chi connectivity index (χ0n) is 9.01. The van der Waals surface area contributed by atoms with Crippen molar-refractivity contribution in [3.05, 3.63) is 58.6 Å². The molecule has 0 aliphatic carbocycles. The van der Waals surface area contributed by atoms with E-state index in [9.17, 15) is 4.79 Å². The third kappa shape index (κ3) is 2.98. The zero-order chi connectivity index (χ0) is 12.1. The molecule has 0 saturated heterocycles. The van der Waals surface area contributed by atoms with Crippen molar-refractivity contribution in [2.24, 2.45) is 0 Å². The Morgan fingerprint density at radius 2 is 2.12 bits per heavy atom. The van der Waals surface area contributed by atoms with Crippen molar-refractivity contribution in [1.29, 1.82) is 0 Å². The van der Waals surface area contributed by atoms with Crippen molar-refractivity contribution in [2.75, 3.05) is 0 Å². The minimum Gasteiger partial charge on any atom is -0.352 e. The maximum absolute atomic E-state index is 11.8. The Balaban J connectivity index is 2.04. The van der Waals surface area contributed by atoms with E-state index in [1.807, 2.05) is 12.1 Å². The second-order valence-corrected chi connectivity index (χ2v) is 3.86. The Bertz CT molecular complexity index is 565. The lowest BCUT2D eigenvalue weighted by atomic mass is 10.2. The third-order valence-electron chi connectivity index (χ3n) is 2.27. The molecule has 2 N–H and O–H groups in total. The van der Waals surface area contributed by atoms with Gasteiger partial charge in [0, 0.05) is 25.1 Å². The molecule has 5 heteroatoms. The van der Waals surface area contributed by atoms with E-state index in [1.165, 1.54) is 0 Å². The maximum Gasteiger partial charge on any atom is 0.254 e. The Labute approximate surface area is 104 Å². The van der Waals surface area contributed by atoms with Crippen molar-refractivity contribution in [3.8, 4) is 0 Å². The van der Waals surface area contributed by atoms with Gasteiger partial charge in [-0.15, -0.1) is 0 Å². The summed E-state index contributed by atoms with van der Waals surface area (Å²) >= 11 is 5.03. The van der Waals surface area contributed by atoms with Crippen LogP contribution in [0.5, 0.6) is 0 Å². The number of amides is 1. The fourth-order valence-corrected chi connectivity index (χ4v) is 1.61. The van der Waals surface area contributed by atoms with Gasteiger partial charge in [0.05, 0.1) is 5.56 Å². The van der Waals surface area contributed by atoms with Crippen molar-refractivity contribution >= 4 is 18.1 Å². The molecule has 0 unspecified atom stereocenters. The molecule has 2 aromatic rings. The highest BCUT2D eigenvalue weighted by molar-refractivity contribution is 7.71. The molecule has 0 atom stereocenters. The smallest absolute Gasteiger partial charge is 0.254 e. The van der Waals surface area contributed by atoms with Crippen LogP contribution in [-0.2, 0) is 6.54 Å². The van der Waals surface area contributed by atoms with Crippen LogP contribution < -0.4 is 5.32 Å². The summed E-state index contributed by atoms with van der Waals surface area (Å²) in [5.41, 5.74) is 1.48. The first-order chi connectivity index (χ1) is 8.27. The van der Waals surface area contributed by atoms with E-state index in [0.29, 0.717) is 16.7 Å². The van der Waals surface area contributed by atoms with Gasteiger partial charge in [-0.25, -0.2) is 0 Å². The zero-order valence-corrected chi connectivity index (χ0v) is 9.83. The Morgan fingerprint density at radius 3 is 2.82 bits per heavy atom. The van der Waals surface area contributed by atoms with E-state index in [-0.39, 0.29) is 5.91 Å². The molecule has 0 aliphatic rings. The van der Waals surface area contributed by atoms with Crippen LogP contribution in [0.4, 0.5) is 0 Å². The van der Waals surface area contributed by atoms with E-state index in [2.05, 4.69) is 15.3 Å². The van der Waals surface area contributed by atoms with Gasteiger partial charge < -0.3 is 10.3 Å². The van der Waals surface area contributed by atoms with Gasteiger partial charge in [-0.05, 0) is 29.8 Å². The topological polar surface area (TPSA) is 57.8 Å². The Hall–Kier alpha value is -2.01. The lowest BCUT2D eigenvalue weighted by Crippen LogP contribution is -2.23. The average molecular weight is 245 g/mol.